The van der Waals surface area contributed by atoms with Gasteiger partial charge < -0.3 is 0 Å². The number of halogens is 3. The molecule has 0 saturated heterocycles. The molecule has 0 atom stereocenters. The molecule has 0 saturated carbocycles. The van der Waals surface area contributed by atoms with Crippen molar-refractivity contribution < 1.29 is 9.18 Å². The highest BCUT2D eigenvalue weighted by molar-refractivity contribution is 7.99. The summed E-state index contributed by atoms with van der Waals surface area (Å²) in [5.41, 5.74) is 1.27. The molecule has 1 aromatic heterocycles. The summed E-state index contributed by atoms with van der Waals surface area (Å²) in [5.74, 6) is -0.144. The molecule has 0 unspecified atom stereocenters. The molecule has 0 spiro atoms. The van der Waals surface area contributed by atoms with Crippen LogP contribution in [-0.2, 0) is 10.5 Å². The molecular formula is C17H12Cl2FN3OS2. The number of carbonyl (C=O) groups excluding carboxylic acids is 1. The molecule has 0 radical (unpaired) electrons. The van der Waals surface area contributed by atoms with Crippen LogP contribution in [0.15, 0.2) is 42.5 Å². The van der Waals surface area contributed by atoms with E-state index in [1.165, 1.54) is 29.2 Å². The standard InChI is InChI=1S/C17H12Cl2FN3OS2/c18-11-6-4-10(5-7-11)16-22-23-17(26-16)21-15(24)9-25-8-12-13(19)2-1-3-14(12)20/h1-7H,8-9H2,(H,21,23,24). The Balaban J connectivity index is 1.53. The highest BCUT2D eigenvalue weighted by atomic mass is 35.5. The van der Waals surface area contributed by atoms with Gasteiger partial charge in [0.2, 0.25) is 11.0 Å². The van der Waals surface area contributed by atoms with E-state index in [0.29, 0.717) is 31.5 Å². The van der Waals surface area contributed by atoms with Gasteiger partial charge in [0.25, 0.3) is 0 Å². The molecule has 1 heterocycles. The Morgan fingerprint density at radius 1 is 1.15 bits per heavy atom. The summed E-state index contributed by atoms with van der Waals surface area (Å²) in [7, 11) is 0. The van der Waals surface area contributed by atoms with Crippen molar-refractivity contribution in [3.63, 3.8) is 0 Å². The minimum Gasteiger partial charge on any atom is -0.300 e. The number of amides is 1. The molecule has 3 aromatic rings. The second-order valence-corrected chi connectivity index (χ2v) is 7.97. The maximum absolute atomic E-state index is 13.7. The van der Waals surface area contributed by atoms with E-state index in [-0.39, 0.29) is 17.5 Å². The Labute approximate surface area is 167 Å². The van der Waals surface area contributed by atoms with Gasteiger partial charge in [-0.15, -0.1) is 22.0 Å². The molecule has 3 rings (SSSR count). The van der Waals surface area contributed by atoms with Crippen LogP contribution in [0.4, 0.5) is 9.52 Å². The van der Waals surface area contributed by atoms with E-state index in [1.54, 1.807) is 24.3 Å². The maximum Gasteiger partial charge on any atom is 0.236 e. The predicted molar refractivity (Wildman–Crippen MR) is 107 cm³/mol. The first-order chi connectivity index (χ1) is 12.5. The van der Waals surface area contributed by atoms with Crippen LogP contribution in [0.3, 0.4) is 0 Å². The lowest BCUT2D eigenvalue weighted by Gasteiger charge is -2.05. The number of nitrogens with one attached hydrogen (secondary N) is 1. The topological polar surface area (TPSA) is 54.9 Å². The summed E-state index contributed by atoms with van der Waals surface area (Å²) in [4.78, 5) is 12.0. The fraction of sp³-hybridized carbons (Fsp3) is 0.118. The number of thioether (sulfide) groups is 1. The largest absolute Gasteiger partial charge is 0.300 e. The lowest BCUT2D eigenvalue weighted by molar-refractivity contribution is -0.113. The number of hydrogen-bond donors (Lipinski definition) is 1. The smallest absolute Gasteiger partial charge is 0.236 e. The van der Waals surface area contributed by atoms with Crippen molar-refractivity contribution in [2.24, 2.45) is 0 Å². The van der Waals surface area contributed by atoms with Gasteiger partial charge in [-0.25, -0.2) is 4.39 Å². The minimum atomic E-state index is -0.373. The Hall–Kier alpha value is -1.67. The van der Waals surface area contributed by atoms with E-state index in [1.807, 2.05) is 12.1 Å². The van der Waals surface area contributed by atoms with E-state index in [4.69, 9.17) is 23.2 Å². The van der Waals surface area contributed by atoms with Crippen LogP contribution in [0.25, 0.3) is 10.6 Å². The average molecular weight is 428 g/mol. The van der Waals surface area contributed by atoms with Crippen molar-refractivity contribution in [3.05, 3.63) is 63.9 Å². The van der Waals surface area contributed by atoms with Gasteiger partial charge >= 0.3 is 0 Å². The quantitative estimate of drug-likeness (QED) is 0.562. The molecular weight excluding hydrogens is 416 g/mol. The number of nitrogens with zero attached hydrogens (tertiary/aromatic N) is 2. The van der Waals surface area contributed by atoms with Crippen LogP contribution >= 0.6 is 46.3 Å². The van der Waals surface area contributed by atoms with E-state index in [2.05, 4.69) is 15.5 Å². The molecule has 0 fully saturated rings. The van der Waals surface area contributed by atoms with Crippen molar-refractivity contribution in [2.75, 3.05) is 11.1 Å². The van der Waals surface area contributed by atoms with Crippen molar-refractivity contribution in [2.45, 2.75) is 5.75 Å². The first-order valence-corrected chi connectivity index (χ1v) is 10.2. The van der Waals surface area contributed by atoms with Crippen LogP contribution in [0.5, 0.6) is 0 Å². The number of anilines is 1. The summed E-state index contributed by atoms with van der Waals surface area (Å²) < 4.78 is 13.7. The van der Waals surface area contributed by atoms with Gasteiger partial charge in [-0.1, -0.05) is 52.7 Å². The van der Waals surface area contributed by atoms with Gasteiger partial charge in [-0.2, -0.15) is 0 Å². The fourth-order valence-electron chi connectivity index (χ4n) is 2.05. The van der Waals surface area contributed by atoms with Crippen LogP contribution in [0, 0.1) is 5.82 Å². The maximum atomic E-state index is 13.7. The Morgan fingerprint density at radius 2 is 1.92 bits per heavy atom. The van der Waals surface area contributed by atoms with E-state index >= 15 is 0 Å². The summed E-state index contributed by atoms with van der Waals surface area (Å²) in [6, 6.07) is 11.7. The third-order valence-corrected chi connectivity index (χ3v) is 5.76. The molecule has 0 aliphatic carbocycles. The minimum absolute atomic E-state index is 0.153. The van der Waals surface area contributed by atoms with Gasteiger partial charge in [0.05, 0.1) is 5.75 Å². The number of hydrogen-bond acceptors (Lipinski definition) is 5. The second kappa shape index (κ2) is 8.81. The second-order valence-electron chi connectivity index (χ2n) is 5.16. The van der Waals surface area contributed by atoms with Crippen molar-refractivity contribution in [1.29, 1.82) is 0 Å². The van der Waals surface area contributed by atoms with Gasteiger partial charge in [0, 0.05) is 26.9 Å². The lowest BCUT2D eigenvalue weighted by Crippen LogP contribution is -2.14. The zero-order chi connectivity index (χ0) is 18.5. The number of benzene rings is 2. The number of rotatable bonds is 6. The predicted octanol–water partition coefficient (Wildman–Crippen LogP) is 5.52. The molecule has 2 aromatic carbocycles. The van der Waals surface area contributed by atoms with E-state index in [0.717, 1.165) is 5.56 Å². The SMILES string of the molecule is O=C(CSCc1c(F)cccc1Cl)Nc1nnc(-c2ccc(Cl)cc2)s1. The highest BCUT2D eigenvalue weighted by Crippen LogP contribution is 2.28. The molecule has 1 amide bonds. The fourth-order valence-corrected chi connectivity index (χ4v) is 4.11. The summed E-state index contributed by atoms with van der Waals surface area (Å²) in [6.45, 7) is 0. The first-order valence-electron chi connectivity index (χ1n) is 7.43. The third-order valence-electron chi connectivity index (χ3n) is 3.30. The molecule has 0 bridgehead atoms. The van der Waals surface area contributed by atoms with Gasteiger partial charge in [-0.3, -0.25) is 10.1 Å². The monoisotopic (exact) mass is 427 g/mol. The Bertz CT molecular complexity index is 898. The number of aromatic nitrogens is 2. The summed E-state index contributed by atoms with van der Waals surface area (Å²) in [5, 5.41) is 12.8. The van der Waals surface area contributed by atoms with Crippen LogP contribution < -0.4 is 5.32 Å². The zero-order valence-corrected chi connectivity index (χ0v) is 16.4. The van der Waals surface area contributed by atoms with Gasteiger partial charge in [0.15, 0.2) is 0 Å². The molecule has 0 aliphatic heterocycles. The molecule has 4 nitrogen and oxygen atoms in total. The van der Waals surface area contributed by atoms with E-state index in [9.17, 15) is 9.18 Å². The highest BCUT2D eigenvalue weighted by Gasteiger charge is 2.11. The lowest BCUT2D eigenvalue weighted by atomic mass is 10.2. The number of carbonyl (C=O) groups is 1. The Kier molecular flexibility index (Phi) is 6.48. The third kappa shape index (κ3) is 4.94. The summed E-state index contributed by atoms with van der Waals surface area (Å²) in [6.07, 6.45) is 0. The van der Waals surface area contributed by atoms with Gasteiger partial charge in [-0.05, 0) is 24.3 Å². The van der Waals surface area contributed by atoms with Crippen molar-refractivity contribution in [3.8, 4) is 10.6 Å². The molecule has 1 N–H and O–H groups in total. The molecule has 9 heteroatoms. The zero-order valence-electron chi connectivity index (χ0n) is 13.2. The molecule has 26 heavy (non-hydrogen) atoms. The summed E-state index contributed by atoms with van der Waals surface area (Å²) >= 11 is 14.4. The Morgan fingerprint density at radius 3 is 2.65 bits per heavy atom. The molecule has 134 valence electrons. The first kappa shape index (κ1) is 19.1. The van der Waals surface area contributed by atoms with Crippen molar-refractivity contribution >= 4 is 57.3 Å². The average Bonchev–Trinajstić information content (AvgIpc) is 3.06. The normalized spacial score (nSPS) is 10.7. The van der Waals surface area contributed by atoms with Gasteiger partial charge in [0.1, 0.15) is 10.8 Å². The van der Waals surface area contributed by atoms with Crippen LogP contribution in [-0.4, -0.2) is 21.9 Å². The van der Waals surface area contributed by atoms with Crippen molar-refractivity contribution in [1.82, 2.24) is 10.2 Å². The van der Waals surface area contributed by atoms with E-state index < -0.39 is 0 Å². The van der Waals surface area contributed by atoms with Crippen LogP contribution in [0.1, 0.15) is 5.56 Å². The van der Waals surface area contributed by atoms with Crippen LogP contribution in [0.2, 0.25) is 10.0 Å². The molecule has 0 aliphatic rings.